The van der Waals surface area contributed by atoms with Crippen LogP contribution in [0.5, 0.6) is 0 Å². The monoisotopic (exact) mass is 339 g/mol. The molecule has 1 amide bonds. The molecule has 3 heterocycles. The van der Waals surface area contributed by atoms with Crippen molar-refractivity contribution in [3.8, 4) is 0 Å². The van der Waals surface area contributed by atoms with Crippen molar-refractivity contribution in [2.45, 2.75) is 63.5 Å². The average Bonchev–Trinajstić information content (AvgIpc) is 3.05. The fourth-order valence-electron chi connectivity index (χ4n) is 4.63. The topological polar surface area (TPSA) is 66.8 Å². The number of nitrogens with zero attached hydrogens (tertiary/aromatic N) is 4. The van der Waals surface area contributed by atoms with Crippen LogP contribution in [0.1, 0.15) is 78.9 Å². The molecule has 2 aliphatic carbocycles. The van der Waals surface area contributed by atoms with Crippen LogP contribution in [0.3, 0.4) is 0 Å². The van der Waals surface area contributed by atoms with Gasteiger partial charge >= 0.3 is 0 Å². The van der Waals surface area contributed by atoms with Crippen LogP contribution in [0.25, 0.3) is 0 Å². The van der Waals surface area contributed by atoms with Gasteiger partial charge in [0.15, 0.2) is 0 Å². The number of H-pyrrole nitrogens is 1. The summed E-state index contributed by atoms with van der Waals surface area (Å²) in [6.07, 6.45) is 12.2. The van der Waals surface area contributed by atoms with Crippen LogP contribution in [0.4, 0.5) is 0 Å². The van der Waals surface area contributed by atoms with Crippen LogP contribution in [-0.4, -0.2) is 37.1 Å². The largest absolute Gasteiger partial charge is 0.333 e. The van der Waals surface area contributed by atoms with Gasteiger partial charge < -0.3 is 9.47 Å². The Kier molecular flexibility index (Phi) is 3.64. The Morgan fingerprint density at radius 3 is 2.76 bits per heavy atom. The lowest BCUT2D eigenvalue weighted by atomic mass is 9.95. The van der Waals surface area contributed by atoms with Crippen molar-refractivity contribution in [1.82, 2.24) is 24.6 Å². The Labute approximate surface area is 147 Å². The number of fused-ring (bicyclic) bond motifs is 1. The number of imidazole rings is 1. The fraction of sp³-hybridized carbons (Fsp3) is 0.632. The smallest absolute Gasteiger partial charge is 0.274 e. The summed E-state index contributed by atoms with van der Waals surface area (Å²) >= 11 is 0. The predicted molar refractivity (Wildman–Crippen MR) is 93.1 cm³/mol. The van der Waals surface area contributed by atoms with Gasteiger partial charge in [0.1, 0.15) is 11.5 Å². The predicted octanol–water partition coefficient (Wildman–Crippen LogP) is 3.26. The molecule has 2 fully saturated rings. The van der Waals surface area contributed by atoms with Gasteiger partial charge in [-0.05, 0) is 44.1 Å². The minimum Gasteiger partial charge on any atom is -0.333 e. The highest BCUT2D eigenvalue weighted by atomic mass is 16.2. The van der Waals surface area contributed by atoms with E-state index >= 15 is 0 Å². The molecule has 1 N–H and O–H groups in total. The maximum Gasteiger partial charge on any atom is 0.274 e. The van der Waals surface area contributed by atoms with E-state index < -0.39 is 0 Å². The van der Waals surface area contributed by atoms with E-state index in [1.165, 1.54) is 38.5 Å². The maximum absolute atomic E-state index is 13.3. The van der Waals surface area contributed by atoms with Crippen LogP contribution in [0.15, 0.2) is 18.5 Å². The van der Waals surface area contributed by atoms with Crippen molar-refractivity contribution in [2.75, 3.05) is 6.54 Å². The van der Waals surface area contributed by atoms with Gasteiger partial charge in [-0.1, -0.05) is 12.8 Å². The number of rotatable bonds is 3. The summed E-state index contributed by atoms with van der Waals surface area (Å²) in [4.78, 5) is 20.0. The standard InChI is InChI=1S/C19H25N5O/c25-19(16-12-15(21-22-16)13-6-7-13)24-10-3-9-23-11-8-20-18(23)17(24)14-4-1-2-5-14/h8,11-14,17H,1-7,9-10H2,(H,21,22). The molecular formula is C19H25N5O. The number of nitrogens with one attached hydrogen (secondary N) is 1. The van der Waals surface area contributed by atoms with Gasteiger partial charge in [0, 0.05) is 37.1 Å². The molecule has 0 spiro atoms. The number of amides is 1. The molecule has 1 unspecified atom stereocenters. The molecule has 6 heteroatoms. The molecule has 5 rings (SSSR count). The Bertz CT molecular complexity index is 768. The molecule has 2 saturated carbocycles. The van der Waals surface area contributed by atoms with Gasteiger partial charge in [-0.3, -0.25) is 9.89 Å². The van der Waals surface area contributed by atoms with E-state index in [2.05, 4.69) is 30.8 Å². The first-order chi connectivity index (χ1) is 12.3. The molecule has 0 radical (unpaired) electrons. The van der Waals surface area contributed by atoms with Crippen LogP contribution in [0.2, 0.25) is 0 Å². The van der Waals surface area contributed by atoms with E-state index in [-0.39, 0.29) is 11.9 Å². The van der Waals surface area contributed by atoms with E-state index in [0.29, 0.717) is 17.5 Å². The molecule has 0 saturated heterocycles. The molecule has 2 aromatic rings. The van der Waals surface area contributed by atoms with E-state index in [9.17, 15) is 4.79 Å². The molecule has 0 bridgehead atoms. The summed E-state index contributed by atoms with van der Waals surface area (Å²) in [5, 5.41) is 7.43. The molecule has 1 aliphatic heterocycles. The third-order valence-electron chi connectivity index (χ3n) is 6.09. The third kappa shape index (κ3) is 2.68. The second kappa shape index (κ2) is 6.00. The summed E-state index contributed by atoms with van der Waals surface area (Å²) in [5.74, 6) is 2.24. The number of aromatic nitrogens is 4. The van der Waals surface area contributed by atoms with Gasteiger partial charge in [0.25, 0.3) is 5.91 Å². The summed E-state index contributed by atoms with van der Waals surface area (Å²) in [6, 6.07) is 2.07. The molecular weight excluding hydrogens is 314 g/mol. The second-order valence-corrected chi connectivity index (χ2v) is 7.80. The van der Waals surface area contributed by atoms with E-state index in [4.69, 9.17) is 0 Å². The highest BCUT2D eigenvalue weighted by Crippen LogP contribution is 2.42. The quantitative estimate of drug-likeness (QED) is 0.933. The van der Waals surface area contributed by atoms with Crippen molar-refractivity contribution in [3.63, 3.8) is 0 Å². The number of carbonyl (C=O) groups is 1. The highest BCUT2D eigenvalue weighted by Gasteiger charge is 2.39. The number of carbonyl (C=O) groups excluding carboxylic acids is 1. The molecule has 1 atom stereocenters. The number of hydrogen-bond acceptors (Lipinski definition) is 3. The highest BCUT2D eigenvalue weighted by molar-refractivity contribution is 5.92. The minimum atomic E-state index is 0.0662. The van der Waals surface area contributed by atoms with Crippen molar-refractivity contribution in [2.24, 2.45) is 5.92 Å². The summed E-state index contributed by atoms with van der Waals surface area (Å²) < 4.78 is 2.25. The SMILES string of the molecule is O=C(c1cc(C2CC2)[nH]n1)N1CCCn2ccnc2C1C1CCCC1. The Hall–Kier alpha value is -2.11. The number of hydrogen-bond donors (Lipinski definition) is 1. The van der Waals surface area contributed by atoms with Gasteiger partial charge in [-0.2, -0.15) is 5.10 Å². The average molecular weight is 339 g/mol. The van der Waals surface area contributed by atoms with Gasteiger partial charge in [0.05, 0.1) is 6.04 Å². The fourth-order valence-corrected chi connectivity index (χ4v) is 4.63. The Morgan fingerprint density at radius 1 is 1.12 bits per heavy atom. The molecule has 25 heavy (non-hydrogen) atoms. The van der Waals surface area contributed by atoms with Crippen molar-refractivity contribution in [3.05, 3.63) is 35.7 Å². The van der Waals surface area contributed by atoms with E-state index in [0.717, 1.165) is 31.0 Å². The summed E-state index contributed by atoms with van der Waals surface area (Å²) in [5.41, 5.74) is 1.70. The zero-order chi connectivity index (χ0) is 16.8. The molecule has 3 aliphatic rings. The van der Waals surface area contributed by atoms with Crippen LogP contribution in [-0.2, 0) is 6.54 Å². The molecule has 2 aromatic heterocycles. The summed E-state index contributed by atoms with van der Waals surface area (Å²) in [7, 11) is 0. The van der Waals surface area contributed by atoms with Crippen LogP contribution < -0.4 is 0 Å². The second-order valence-electron chi connectivity index (χ2n) is 7.80. The third-order valence-corrected chi connectivity index (χ3v) is 6.09. The molecule has 6 nitrogen and oxygen atoms in total. The van der Waals surface area contributed by atoms with Gasteiger partial charge in [0.2, 0.25) is 0 Å². The number of aromatic amines is 1. The maximum atomic E-state index is 13.3. The lowest BCUT2D eigenvalue weighted by molar-refractivity contribution is 0.0597. The zero-order valence-corrected chi connectivity index (χ0v) is 14.5. The molecule has 132 valence electrons. The van der Waals surface area contributed by atoms with Crippen LogP contribution >= 0.6 is 0 Å². The van der Waals surface area contributed by atoms with E-state index in [1.807, 2.05) is 12.3 Å². The lowest BCUT2D eigenvalue weighted by Gasteiger charge is -2.33. The van der Waals surface area contributed by atoms with Crippen molar-refractivity contribution < 1.29 is 4.79 Å². The zero-order valence-electron chi connectivity index (χ0n) is 14.5. The van der Waals surface area contributed by atoms with Crippen molar-refractivity contribution in [1.29, 1.82) is 0 Å². The lowest BCUT2D eigenvalue weighted by Crippen LogP contribution is -2.39. The number of aryl methyl sites for hydroxylation is 1. The van der Waals surface area contributed by atoms with Gasteiger partial charge in [-0.25, -0.2) is 4.98 Å². The first-order valence-electron chi connectivity index (χ1n) is 9.68. The normalized spacial score (nSPS) is 24.3. The first-order valence-corrected chi connectivity index (χ1v) is 9.68. The first kappa shape index (κ1) is 15.2. The van der Waals surface area contributed by atoms with Gasteiger partial charge in [-0.15, -0.1) is 0 Å². The minimum absolute atomic E-state index is 0.0662. The van der Waals surface area contributed by atoms with Crippen LogP contribution in [0, 0.1) is 5.92 Å². The molecule has 0 aromatic carbocycles. The Morgan fingerprint density at radius 2 is 1.96 bits per heavy atom. The van der Waals surface area contributed by atoms with Crippen molar-refractivity contribution >= 4 is 5.91 Å². The summed E-state index contributed by atoms with van der Waals surface area (Å²) in [6.45, 7) is 1.73. The van der Waals surface area contributed by atoms with E-state index in [1.54, 1.807) is 0 Å². The Balaban J connectivity index is 1.49.